The van der Waals surface area contributed by atoms with E-state index >= 15 is 0 Å². The van der Waals surface area contributed by atoms with Gasteiger partial charge in [-0.05, 0) is 18.4 Å². The minimum atomic E-state index is -0.329. The second-order valence-corrected chi connectivity index (χ2v) is 3.75. The van der Waals surface area contributed by atoms with Gasteiger partial charge in [0.1, 0.15) is 0 Å². The van der Waals surface area contributed by atoms with Gasteiger partial charge in [0, 0.05) is 5.56 Å². The summed E-state index contributed by atoms with van der Waals surface area (Å²) in [6, 6.07) is 1.89. The van der Waals surface area contributed by atoms with Crippen molar-refractivity contribution in [3.05, 3.63) is 21.9 Å². The third-order valence-corrected chi connectivity index (χ3v) is 2.92. The summed E-state index contributed by atoms with van der Waals surface area (Å²) >= 11 is 1.43. The Balaban J connectivity index is 2.28. The average molecular weight is 198 g/mol. The van der Waals surface area contributed by atoms with Crippen molar-refractivity contribution in [3.8, 4) is 0 Å². The van der Waals surface area contributed by atoms with Gasteiger partial charge in [0.05, 0.1) is 18.1 Å². The van der Waals surface area contributed by atoms with E-state index in [2.05, 4.69) is 0 Å². The van der Waals surface area contributed by atoms with E-state index in [1.807, 2.05) is 11.4 Å². The Hall–Kier alpha value is -0.710. The molecule has 1 aromatic rings. The highest BCUT2D eigenvalue weighted by atomic mass is 32.1. The second kappa shape index (κ2) is 3.57. The van der Waals surface area contributed by atoms with Crippen molar-refractivity contribution >= 4 is 17.1 Å². The summed E-state index contributed by atoms with van der Waals surface area (Å²) in [4.78, 5) is 11.9. The normalized spacial score (nSPS) is 17.9. The van der Waals surface area contributed by atoms with Crippen LogP contribution in [0, 0.1) is 0 Å². The number of carbonyl (C=O) groups excluding carboxylic acids is 1. The molecule has 0 unspecified atom stereocenters. The molecule has 3 nitrogen and oxygen atoms in total. The number of ether oxygens (including phenoxy) is 2. The number of hydrogen-bond acceptors (Lipinski definition) is 4. The number of ketones is 1. The highest BCUT2D eigenvalue weighted by Gasteiger charge is 2.23. The molecule has 1 fully saturated rings. The van der Waals surface area contributed by atoms with E-state index in [9.17, 15) is 4.79 Å². The Morgan fingerprint density at radius 3 is 2.85 bits per heavy atom. The summed E-state index contributed by atoms with van der Waals surface area (Å²) in [6.07, 6.45) is -0.329. The molecule has 2 rings (SSSR count). The van der Waals surface area contributed by atoms with Crippen molar-refractivity contribution in [1.29, 1.82) is 0 Å². The van der Waals surface area contributed by atoms with Gasteiger partial charge in [-0.15, -0.1) is 11.3 Å². The molecule has 1 aliphatic heterocycles. The maximum absolute atomic E-state index is 11.2. The first-order valence-electron chi connectivity index (χ1n) is 4.10. The van der Waals surface area contributed by atoms with Crippen molar-refractivity contribution in [2.24, 2.45) is 0 Å². The maximum atomic E-state index is 11.2. The maximum Gasteiger partial charge on any atom is 0.185 e. The van der Waals surface area contributed by atoms with E-state index in [1.165, 1.54) is 11.3 Å². The van der Waals surface area contributed by atoms with Crippen LogP contribution in [0.1, 0.15) is 28.4 Å². The lowest BCUT2D eigenvalue weighted by atomic mass is 10.2. The molecule has 1 aromatic heterocycles. The third kappa shape index (κ3) is 1.65. The fourth-order valence-corrected chi connectivity index (χ4v) is 2.15. The lowest BCUT2D eigenvalue weighted by Crippen LogP contribution is -2.02. The largest absolute Gasteiger partial charge is 0.346 e. The third-order valence-electron chi connectivity index (χ3n) is 1.89. The highest BCUT2D eigenvalue weighted by Crippen LogP contribution is 2.29. The molecule has 1 aliphatic rings. The molecule has 0 aliphatic carbocycles. The topological polar surface area (TPSA) is 35.5 Å². The Morgan fingerprint density at radius 1 is 1.54 bits per heavy atom. The number of hydrogen-bond donors (Lipinski definition) is 0. The van der Waals surface area contributed by atoms with Gasteiger partial charge in [-0.1, -0.05) is 0 Å². The van der Waals surface area contributed by atoms with Crippen LogP contribution in [-0.2, 0) is 9.47 Å². The smallest absolute Gasteiger partial charge is 0.185 e. The van der Waals surface area contributed by atoms with Crippen LogP contribution in [0.15, 0.2) is 11.4 Å². The molecule has 0 radical (unpaired) electrons. The van der Waals surface area contributed by atoms with Crippen LogP contribution in [0.25, 0.3) is 0 Å². The van der Waals surface area contributed by atoms with Crippen molar-refractivity contribution in [2.75, 3.05) is 13.2 Å². The second-order valence-electron chi connectivity index (χ2n) is 2.83. The molecule has 13 heavy (non-hydrogen) atoms. The van der Waals surface area contributed by atoms with E-state index in [1.54, 1.807) is 6.92 Å². The Labute approximate surface area is 80.3 Å². The summed E-state index contributed by atoms with van der Waals surface area (Å²) < 4.78 is 10.6. The van der Waals surface area contributed by atoms with Crippen LogP contribution in [0.4, 0.5) is 0 Å². The van der Waals surface area contributed by atoms with Gasteiger partial charge >= 0.3 is 0 Å². The van der Waals surface area contributed by atoms with Crippen molar-refractivity contribution in [3.63, 3.8) is 0 Å². The minimum absolute atomic E-state index is 0.0732. The van der Waals surface area contributed by atoms with Crippen LogP contribution in [0.3, 0.4) is 0 Å². The number of rotatable bonds is 2. The summed E-state index contributed by atoms with van der Waals surface area (Å²) in [5.74, 6) is 0.0732. The predicted molar refractivity (Wildman–Crippen MR) is 49.0 cm³/mol. The lowest BCUT2D eigenvalue weighted by Gasteiger charge is -2.07. The van der Waals surface area contributed by atoms with Crippen molar-refractivity contribution < 1.29 is 14.3 Å². The monoisotopic (exact) mass is 198 g/mol. The van der Waals surface area contributed by atoms with E-state index in [0.717, 1.165) is 10.4 Å². The van der Waals surface area contributed by atoms with Gasteiger partial charge in [-0.25, -0.2) is 0 Å². The molecule has 4 heteroatoms. The zero-order chi connectivity index (χ0) is 9.26. The van der Waals surface area contributed by atoms with E-state index in [4.69, 9.17) is 9.47 Å². The first-order valence-corrected chi connectivity index (χ1v) is 4.98. The molecule has 2 heterocycles. The van der Waals surface area contributed by atoms with E-state index in [-0.39, 0.29) is 12.1 Å². The minimum Gasteiger partial charge on any atom is -0.346 e. The zero-order valence-corrected chi connectivity index (χ0v) is 8.10. The summed E-state index contributed by atoms with van der Waals surface area (Å²) in [6.45, 7) is 2.78. The molecule has 0 atom stereocenters. The molecule has 0 spiro atoms. The van der Waals surface area contributed by atoms with Gasteiger partial charge < -0.3 is 9.47 Å². The van der Waals surface area contributed by atoms with Crippen LogP contribution in [-0.4, -0.2) is 19.0 Å². The quantitative estimate of drug-likeness (QED) is 0.682. The van der Waals surface area contributed by atoms with Crippen LogP contribution >= 0.6 is 11.3 Å². The highest BCUT2D eigenvalue weighted by molar-refractivity contribution is 7.12. The summed E-state index contributed by atoms with van der Waals surface area (Å²) in [5, 5.41) is 1.89. The molecule has 0 saturated carbocycles. The predicted octanol–water partition coefficient (Wildman–Crippen LogP) is 2.00. The van der Waals surface area contributed by atoms with E-state index < -0.39 is 0 Å². The zero-order valence-electron chi connectivity index (χ0n) is 7.28. The summed E-state index contributed by atoms with van der Waals surface area (Å²) in [5.41, 5.74) is 0.870. The molecular formula is C9H10O3S. The molecule has 0 aromatic carbocycles. The van der Waals surface area contributed by atoms with Gasteiger partial charge in [0.25, 0.3) is 0 Å². The fourth-order valence-electron chi connectivity index (χ4n) is 1.33. The van der Waals surface area contributed by atoms with Gasteiger partial charge in [0.15, 0.2) is 12.1 Å². The average Bonchev–Trinajstić information content (AvgIpc) is 2.74. The number of carbonyl (C=O) groups is 1. The Bertz CT molecular complexity index is 312. The summed E-state index contributed by atoms with van der Waals surface area (Å²) in [7, 11) is 0. The lowest BCUT2D eigenvalue weighted by molar-refractivity contribution is -0.0441. The molecule has 70 valence electrons. The van der Waals surface area contributed by atoms with E-state index in [0.29, 0.717) is 13.2 Å². The molecule has 0 bridgehead atoms. The SMILES string of the molecule is CC(=O)c1sccc1C1OCCO1. The number of thiophene rings is 1. The first-order chi connectivity index (χ1) is 6.29. The fraction of sp³-hybridized carbons (Fsp3) is 0.444. The van der Waals surface area contributed by atoms with Crippen LogP contribution in [0.2, 0.25) is 0 Å². The molecular weight excluding hydrogens is 188 g/mol. The van der Waals surface area contributed by atoms with Gasteiger partial charge in [0.2, 0.25) is 0 Å². The molecule has 1 saturated heterocycles. The first kappa shape index (κ1) is 8.87. The van der Waals surface area contributed by atoms with Gasteiger partial charge in [-0.3, -0.25) is 4.79 Å². The van der Waals surface area contributed by atoms with Crippen molar-refractivity contribution in [2.45, 2.75) is 13.2 Å². The van der Waals surface area contributed by atoms with Crippen LogP contribution < -0.4 is 0 Å². The number of Topliss-reactive ketones (excluding diaryl/α,β-unsaturated/α-hetero) is 1. The molecule has 0 N–H and O–H groups in total. The standard InChI is InChI=1S/C9H10O3S/c1-6(10)8-7(2-5-13-8)9-11-3-4-12-9/h2,5,9H,3-4H2,1H3. The Kier molecular flexibility index (Phi) is 2.44. The Morgan fingerprint density at radius 2 is 2.23 bits per heavy atom. The molecule has 0 amide bonds. The van der Waals surface area contributed by atoms with Crippen molar-refractivity contribution in [1.82, 2.24) is 0 Å². The van der Waals surface area contributed by atoms with Gasteiger partial charge in [-0.2, -0.15) is 0 Å². The van der Waals surface area contributed by atoms with Crippen LogP contribution in [0.5, 0.6) is 0 Å².